The lowest BCUT2D eigenvalue weighted by Gasteiger charge is -2.36. The van der Waals surface area contributed by atoms with Crippen LogP contribution < -0.4 is 4.90 Å². The van der Waals surface area contributed by atoms with Crippen molar-refractivity contribution in [1.29, 1.82) is 0 Å². The molecule has 0 spiro atoms. The predicted molar refractivity (Wildman–Crippen MR) is 128 cm³/mol. The number of fused-ring (bicyclic) bond motifs is 1. The predicted octanol–water partition coefficient (Wildman–Crippen LogP) is 6.03. The summed E-state index contributed by atoms with van der Waals surface area (Å²) in [6.45, 7) is 10.1. The van der Waals surface area contributed by atoms with E-state index in [9.17, 15) is 4.79 Å². The van der Waals surface area contributed by atoms with E-state index in [0.29, 0.717) is 31.2 Å². The second kappa shape index (κ2) is 8.45. The number of aromatic nitrogens is 2. The number of hydrogen-bond donors (Lipinski definition) is 0. The second-order valence-electron chi connectivity index (χ2n) is 8.49. The maximum atomic E-state index is 12.4. The van der Waals surface area contributed by atoms with Gasteiger partial charge in [0.2, 0.25) is 5.28 Å². The van der Waals surface area contributed by atoms with E-state index in [1.807, 2.05) is 45.0 Å². The first kappa shape index (κ1) is 22.1. The van der Waals surface area contributed by atoms with Crippen molar-refractivity contribution >= 4 is 56.7 Å². The molecule has 1 fully saturated rings. The number of anilines is 1. The molecule has 164 valence electrons. The lowest BCUT2D eigenvalue weighted by molar-refractivity contribution is 0.0240. The van der Waals surface area contributed by atoms with Crippen LogP contribution in [0.4, 0.5) is 10.6 Å². The van der Waals surface area contributed by atoms with E-state index in [1.54, 1.807) is 16.2 Å². The Morgan fingerprint density at radius 2 is 1.71 bits per heavy atom. The van der Waals surface area contributed by atoms with Gasteiger partial charge in [0.05, 0.1) is 5.39 Å². The molecule has 1 aromatic carbocycles. The number of aryl methyl sites for hydroxylation is 1. The molecule has 9 heteroatoms. The van der Waals surface area contributed by atoms with Crippen LogP contribution >= 0.6 is 34.5 Å². The molecule has 0 radical (unpaired) electrons. The minimum atomic E-state index is -0.512. The minimum Gasteiger partial charge on any atom is -0.444 e. The van der Waals surface area contributed by atoms with E-state index in [-0.39, 0.29) is 11.4 Å². The zero-order valence-corrected chi connectivity index (χ0v) is 20.2. The van der Waals surface area contributed by atoms with E-state index < -0.39 is 5.60 Å². The van der Waals surface area contributed by atoms with E-state index in [1.165, 1.54) is 0 Å². The van der Waals surface area contributed by atoms with Crippen molar-refractivity contribution in [2.45, 2.75) is 33.3 Å². The Morgan fingerprint density at radius 3 is 2.32 bits per heavy atom. The highest BCUT2D eigenvalue weighted by molar-refractivity contribution is 7.19. The molecule has 4 rings (SSSR count). The van der Waals surface area contributed by atoms with Gasteiger partial charge in [0.1, 0.15) is 16.2 Å². The molecular formula is C22H24Cl2N4O2S. The first-order chi connectivity index (χ1) is 14.6. The van der Waals surface area contributed by atoms with Gasteiger partial charge in [-0.1, -0.05) is 23.7 Å². The fraction of sp³-hybridized carbons (Fsp3) is 0.409. The van der Waals surface area contributed by atoms with Gasteiger partial charge in [0, 0.05) is 41.6 Å². The molecule has 2 aromatic heterocycles. The average molecular weight is 479 g/mol. The number of nitrogens with zero attached hydrogens (tertiary/aromatic N) is 4. The number of ether oxygens (including phenoxy) is 1. The van der Waals surface area contributed by atoms with Gasteiger partial charge in [-0.15, -0.1) is 11.3 Å². The van der Waals surface area contributed by atoms with E-state index in [2.05, 4.69) is 21.8 Å². The zero-order chi connectivity index (χ0) is 22.3. The Kier molecular flexibility index (Phi) is 6.03. The Bertz CT molecular complexity index is 1120. The number of piperazine rings is 1. The van der Waals surface area contributed by atoms with E-state index in [4.69, 9.17) is 27.9 Å². The van der Waals surface area contributed by atoms with Crippen molar-refractivity contribution in [3.05, 3.63) is 39.4 Å². The third kappa shape index (κ3) is 4.73. The van der Waals surface area contributed by atoms with Crippen molar-refractivity contribution in [3.63, 3.8) is 0 Å². The summed E-state index contributed by atoms with van der Waals surface area (Å²) in [7, 11) is 0. The SMILES string of the molecule is Cc1sc2nc(Cl)nc(N3CCN(C(=O)OC(C)(C)C)CC3)c2c1-c1ccc(Cl)cc1. The first-order valence-electron chi connectivity index (χ1n) is 10.1. The van der Waals surface area contributed by atoms with Gasteiger partial charge in [-0.05, 0) is 57.0 Å². The van der Waals surface area contributed by atoms with Crippen LogP contribution in [0.15, 0.2) is 24.3 Å². The van der Waals surface area contributed by atoms with Gasteiger partial charge in [-0.25, -0.2) is 9.78 Å². The molecule has 31 heavy (non-hydrogen) atoms. The third-order valence-corrected chi connectivity index (χ3v) is 6.47. The Hall–Kier alpha value is -2.09. The highest BCUT2D eigenvalue weighted by Gasteiger charge is 2.28. The summed E-state index contributed by atoms with van der Waals surface area (Å²) in [4.78, 5) is 27.4. The third-order valence-electron chi connectivity index (χ3n) is 5.05. The van der Waals surface area contributed by atoms with Gasteiger partial charge in [-0.2, -0.15) is 4.98 Å². The molecule has 1 aliphatic heterocycles. The molecule has 0 atom stereocenters. The van der Waals surface area contributed by atoms with Crippen LogP contribution in [0.1, 0.15) is 25.6 Å². The van der Waals surface area contributed by atoms with Crippen molar-refractivity contribution in [3.8, 4) is 11.1 Å². The monoisotopic (exact) mass is 478 g/mol. The average Bonchev–Trinajstić information content (AvgIpc) is 3.02. The summed E-state index contributed by atoms with van der Waals surface area (Å²) in [5.41, 5.74) is 1.65. The topological polar surface area (TPSA) is 58.6 Å². The lowest BCUT2D eigenvalue weighted by atomic mass is 10.0. The Balaban J connectivity index is 1.67. The fourth-order valence-corrected chi connectivity index (χ4v) is 5.07. The van der Waals surface area contributed by atoms with Gasteiger partial charge < -0.3 is 14.5 Å². The summed E-state index contributed by atoms with van der Waals surface area (Å²) >= 11 is 14.0. The molecule has 0 saturated carbocycles. The number of carbonyl (C=O) groups excluding carboxylic acids is 1. The fourth-order valence-electron chi connectivity index (χ4n) is 3.69. The summed E-state index contributed by atoms with van der Waals surface area (Å²) in [6.07, 6.45) is -0.286. The normalized spacial score (nSPS) is 14.9. The molecule has 1 saturated heterocycles. The van der Waals surface area contributed by atoms with E-state index in [0.717, 1.165) is 32.0 Å². The number of rotatable bonds is 2. The van der Waals surface area contributed by atoms with Crippen molar-refractivity contribution in [2.75, 3.05) is 31.1 Å². The summed E-state index contributed by atoms with van der Waals surface area (Å²) in [6, 6.07) is 7.79. The highest BCUT2D eigenvalue weighted by atomic mass is 35.5. The molecule has 0 N–H and O–H groups in total. The Labute approximate surface area is 195 Å². The summed E-state index contributed by atoms with van der Waals surface area (Å²) in [5, 5.41) is 1.90. The van der Waals surface area contributed by atoms with E-state index >= 15 is 0 Å². The molecular weight excluding hydrogens is 455 g/mol. The molecule has 1 amide bonds. The standard InChI is InChI=1S/C22H24Cl2N4O2S/c1-13-16(14-5-7-15(23)8-6-14)17-18(25-20(24)26-19(17)31-13)27-9-11-28(12-10-27)21(29)30-22(2,3)4/h5-8H,9-12H2,1-4H3. The van der Waals surface area contributed by atoms with Crippen molar-refractivity contribution in [1.82, 2.24) is 14.9 Å². The van der Waals surface area contributed by atoms with Crippen LogP contribution in [0.3, 0.4) is 0 Å². The number of carbonyl (C=O) groups is 1. The maximum Gasteiger partial charge on any atom is 0.410 e. The molecule has 0 unspecified atom stereocenters. The van der Waals surface area contributed by atoms with Crippen LogP contribution in [-0.4, -0.2) is 52.7 Å². The van der Waals surface area contributed by atoms with Crippen LogP contribution in [0.2, 0.25) is 10.3 Å². The molecule has 0 bridgehead atoms. The quantitative estimate of drug-likeness (QED) is 0.420. The number of amides is 1. The summed E-state index contributed by atoms with van der Waals surface area (Å²) < 4.78 is 5.51. The Morgan fingerprint density at radius 1 is 1.06 bits per heavy atom. The zero-order valence-electron chi connectivity index (χ0n) is 17.9. The minimum absolute atomic E-state index is 0.223. The molecule has 1 aliphatic rings. The number of hydrogen-bond acceptors (Lipinski definition) is 6. The van der Waals surface area contributed by atoms with Crippen LogP contribution in [0.25, 0.3) is 21.3 Å². The highest BCUT2D eigenvalue weighted by Crippen LogP contribution is 2.42. The van der Waals surface area contributed by atoms with Crippen molar-refractivity contribution in [2.24, 2.45) is 0 Å². The number of thiophene rings is 1. The largest absolute Gasteiger partial charge is 0.444 e. The van der Waals surface area contributed by atoms with Crippen LogP contribution in [-0.2, 0) is 4.74 Å². The molecule has 0 aliphatic carbocycles. The van der Waals surface area contributed by atoms with Crippen molar-refractivity contribution < 1.29 is 9.53 Å². The first-order valence-corrected chi connectivity index (χ1v) is 11.6. The van der Waals surface area contributed by atoms with Crippen LogP contribution in [0, 0.1) is 6.92 Å². The van der Waals surface area contributed by atoms with Crippen LogP contribution in [0.5, 0.6) is 0 Å². The van der Waals surface area contributed by atoms with Gasteiger partial charge in [-0.3, -0.25) is 0 Å². The molecule has 3 heterocycles. The number of halogens is 2. The van der Waals surface area contributed by atoms with Gasteiger partial charge in [0.15, 0.2) is 0 Å². The van der Waals surface area contributed by atoms with Gasteiger partial charge >= 0.3 is 6.09 Å². The number of benzene rings is 1. The molecule has 3 aromatic rings. The smallest absolute Gasteiger partial charge is 0.410 e. The lowest BCUT2D eigenvalue weighted by Crippen LogP contribution is -2.50. The van der Waals surface area contributed by atoms with Gasteiger partial charge in [0.25, 0.3) is 0 Å². The maximum absolute atomic E-state index is 12.4. The summed E-state index contributed by atoms with van der Waals surface area (Å²) in [5.74, 6) is 0.799. The molecule has 6 nitrogen and oxygen atoms in total. The second-order valence-corrected chi connectivity index (χ2v) is 10.5.